The van der Waals surface area contributed by atoms with Gasteiger partial charge in [0.05, 0.1) is 32.3 Å². The van der Waals surface area contributed by atoms with Crippen LogP contribution in [0, 0.1) is 11.8 Å². The van der Waals surface area contributed by atoms with E-state index in [1.165, 1.54) is 0 Å². The van der Waals surface area contributed by atoms with Gasteiger partial charge in [0.1, 0.15) is 5.92 Å². The van der Waals surface area contributed by atoms with E-state index in [2.05, 4.69) is 5.32 Å². The van der Waals surface area contributed by atoms with Crippen molar-refractivity contribution in [2.24, 2.45) is 11.8 Å². The van der Waals surface area contributed by atoms with E-state index in [9.17, 15) is 14.7 Å². The molecular formula is C18H21NO6. The summed E-state index contributed by atoms with van der Waals surface area (Å²) in [6.45, 7) is 0.401. The molecule has 0 unspecified atom stereocenters. The molecule has 2 aliphatic heterocycles. The van der Waals surface area contributed by atoms with Crippen LogP contribution in [0.5, 0.6) is 11.5 Å². The van der Waals surface area contributed by atoms with E-state index in [-0.39, 0.29) is 5.91 Å². The fourth-order valence-corrected chi connectivity index (χ4v) is 3.40. The molecule has 1 fully saturated rings. The maximum Gasteiger partial charge on any atom is 0.310 e. The Morgan fingerprint density at radius 1 is 1.12 bits per heavy atom. The largest absolute Gasteiger partial charge is 0.493 e. The number of benzene rings is 1. The highest BCUT2D eigenvalue weighted by Gasteiger charge is 2.53. The summed E-state index contributed by atoms with van der Waals surface area (Å²) in [5, 5.41) is 12.2. The molecule has 2 N–H and O–H groups in total. The molecule has 2 bridgehead atoms. The number of aliphatic carboxylic acids is 1. The van der Waals surface area contributed by atoms with Gasteiger partial charge >= 0.3 is 5.97 Å². The molecule has 4 atom stereocenters. The van der Waals surface area contributed by atoms with E-state index >= 15 is 0 Å². The van der Waals surface area contributed by atoms with Crippen molar-refractivity contribution < 1.29 is 28.9 Å². The normalized spacial score (nSPS) is 26.5. The lowest BCUT2D eigenvalue weighted by Gasteiger charge is -2.21. The fraction of sp³-hybridized carbons (Fsp3) is 0.444. The molecule has 1 aromatic rings. The smallest absolute Gasteiger partial charge is 0.310 e. The molecule has 1 saturated heterocycles. The Hall–Kier alpha value is -2.54. The first-order valence-electron chi connectivity index (χ1n) is 8.10. The molecule has 1 aromatic carbocycles. The van der Waals surface area contributed by atoms with Crippen LogP contribution in [0.2, 0.25) is 0 Å². The Kier molecular flexibility index (Phi) is 4.94. The first-order chi connectivity index (χ1) is 12.0. The summed E-state index contributed by atoms with van der Waals surface area (Å²) < 4.78 is 16.0. The highest BCUT2D eigenvalue weighted by Crippen LogP contribution is 2.39. The van der Waals surface area contributed by atoms with Crippen LogP contribution in [0.25, 0.3) is 0 Å². The van der Waals surface area contributed by atoms with Crippen LogP contribution in [-0.2, 0) is 20.7 Å². The van der Waals surface area contributed by atoms with Crippen molar-refractivity contribution in [2.75, 3.05) is 20.8 Å². The lowest BCUT2D eigenvalue weighted by Crippen LogP contribution is -2.43. The summed E-state index contributed by atoms with van der Waals surface area (Å²) in [5.74, 6) is -1.52. The molecule has 1 amide bonds. The highest BCUT2D eigenvalue weighted by atomic mass is 16.5. The van der Waals surface area contributed by atoms with Crippen molar-refractivity contribution >= 4 is 11.9 Å². The molecule has 0 aromatic heterocycles. The van der Waals surface area contributed by atoms with Gasteiger partial charge in [-0.05, 0) is 24.1 Å². The van der Waals surface area contributed by atoms with Crippen molar-refractivity contribution in [3.05, 3.63) is 35.9 Å². The van der Waals surface area contributed by atoms with E-state index in [0.717, 1.165) is 5.56 Å². The van der Waals surface area contributed by atoms with Gasteiger partial charge in [0.25, 0.3) is 0 Å². The Labute approximate surface area is 145 Å². The van der Waals surface area contributed by atoms with Gasteiger partial charge in [0.2, 0.25) is 5.91 Å². The summed E-state index contributed by atoms with van der Waals surface area (Å²) in [5.41, 5.74) is 0.983. The molecule has 2 heterocycles. The Morgan fingerprint density at radius 2 is 1.80 bits per heavy atom. The predicted molar refractivity (Wildman–Crippen MR) is 88.7 cm³/mol. The minimum atomic E-state index is -1.00. The van der Waals surface area contributed by atoms with Crippen LogP contribution in [0.4, 0.5) is 0 Å². The summed E-state index contributed by atoms with van der Waals surface area (Å²) in [4.78, 5) is 23.8. The second-order valence-corrected chi connectivity index (χ2v) is 6.07. The number of carbonyl (C=O) groups excluding carboxylic acids is 1. The van der Waals surface area contributed by atoms with Crippen LogP contribution >= 0.6 is 0 Å². The number of amides is 1. The van der Waals surface area contributed by atoms with Crippen LogP contribution in [0.15, 0.2) is 30.4 Å². The zero-order valence-electron chi connectivity index (χ0n) is 14.1. The van der Waals surface area contributed by atoms with E-state index in [4.69, 9.17) is 14.2 Å². The number of hydrogen-bond acceptors (Lipinski definition) is 5. The first kappa shape index (κ1) is 17.3. The van der Waals surface area contributed by atoms with Crippen LogP contribution in [0.1, 0.15) is 5.56 Å². The van der Waals surface area contributed by atoms with Gasteiger partial charge in [-0.1, -0.05) is 18.2 Å². The molecule has 7 nitrogen and oxygen atoms in total. The zero-order chi connectivity index (χ0) is 18.0. The number of ether oxygens (including phenoxy) is 3. The van der Waals surface area contributed by atoms with Crippen molar-refractivity contribution in [3.63, 3.8) is 0 Å². The molecule has 0 spiro atoms. The molecular weight excluding hydrogens is 326 g/mol. The van der Waals surface area contributed by atoms with Crippen LogP contribution < -0.4 is 14.8 Å². The second-order valence-electron chi connectivity index (χ2n) is 6.07. The summed E-state index contributed by atoms with van der Waals surface area (Å²) in [6, 6.07) is 5.57. The molecule has 2 aliphatic rings. The minimum absolute atomic E-state index is 0.287. The van der Waals surface area contributed by atoms with Gasteiger partial charge in [-0.15, -0.1) is 0 Å². The third-order valence-electron chi connectivity index (χ3n) is 4.65. The lowest BCUT2D eigenvalue weighted by atomic mass is 9.82. The minimum Gasteiger partial charge on any atom is -0.493 e. The standard InChI is InChI=1S/C18H21NO6/c1-23-11-4-3-10(9-14(11)24-2)7-8-19-17(20)15-12-5-6-13(25-12)16(15)18(21)22/h3-6,9,12-13,15-16H,7-8H2,1-2H3,(H,19,20)(H,21,22)/t12-,13+,15+,16+/m1/s1. The Morgan fingerprint density at radius 3 is 2.44 bits per heavy atom. The molecule has 0 saturated carbocycles. The van der Waals surface area contributed by atoms with E-state index in [1.54, 1.807) is 26.4 Å². The Balaban J connectivity index is 1.58. The molecule has 134 valence electrons. The number of methoxy groups -OCH3 is 2. The van der Waals surface area contributed by atoms with Crippen molar-refractivity contribution in [2.45, 2.75) is 18.6 Å². The number of rotatable bonds is 7. The van der Waals surface area contributed by atoms with E-state index < -0.39 is 30.0 Å². The molecule has 0 radical (unpaired) electrons. The number of carboxylic acid groups (broad SMARTS) is 1. The third kappa shape index (κ3) is 3.32. The molecule has 7 heteroatoms. The third-order valence-corrected chi connectivity index (χ3v) is 4.65. The average Bonchev–Trinajstić information content (AvgIpc) is 3.22. The van der Waals surface area contributed by atoms with Crippen LogP contribution in [-0.4, -0.2) is 50.0 Å². The zero-order valence-corrected chi connectivity index (χ0v) is 14.1. The topological polar surface area (TPSA) is 94.1 Å². The maximum atomic E-state index is 12.4. The van der Waals surface area contributed by atoms with E-state index in [0.29, 0.717) is 24.5 Å². The number of fused-ring (bicyclic) bond motifs is 2. The van der Waals surface area contributed by atoms with Crippen molar-refractivity contribution in [1.82, 2.24) is 5.32 Å². The first-order valence-corrected chi connectivity index (χ1v) is 8.10. The van der Waals surface area contributed by atoms with Gasteiger partial charge < -0.3 is 24.6 Å². The monoisotopic (exact) mass is 347 g/mol. The fourth-order valence-electron chi connectivity index (χ4n) is 3.40. The number of nitrogens with one attached hydrogen (secondary N) is 1. The van der Waals surface area contributed by atoms with Gasteiger partial charge in [-0.2, -0.15) is 0 Å². The van der Waals surface area contributed by atoms with E-state index in [1.807, 2.05) is 18.2 Å². The quantitative estimate of drug-likeness (QED) is 0.715. The van der Waals surface area contributed by atoms with Gasteiger partial charge in [-0.3, -0.25) is 9.59 Å². The SMILES string of the molecule is COc1ccc(CCNC(=O)[C@@H]2[C@@H](C(=O)O)[C@@H]3C=C[C@H]2O3)cc1OC. The average molecular weight is 347 g/mol. The number of carbonyl (C=O) groups is 2. The number of carboxylic acids is 1. The summed E-state index contributed by atoms with van der Waals surface area (Å²) >= 11 is 0. The Bertz CT molecular complexity index is 701. The predicted octanol–water partition coefficient (Wildman–Crippen LogP) is 1.02. The number of hydrogen-bond donors (Lipinski definition) is 2. The van der Waals surface area contributed by atoms with Gasteiger partial charge in [-0.25, -0.2) is 0 Å². The highest BCUT2D eigenvalue weighted by molar-refractivity contribution is 5.87. The maximum absolute atomic E-state index is 12.4. The molecule has 25 heavy (non-hydrogen) atoms. The van der Waals surface area contributed by atoms with Gasteiger partial charge in [0, 0.05) is 6.54 Å². The van der Waals surface area contributed by atoms with Crippen molar-refractivity contribution in [1.29, 1.82) is 0 Å². The lowest BCUT2D eigenvalue weighted by molar-refractivity contribution is -0.146. The molecule has 0 aliphatic carbocycles. The second kappa shape index (κ2) is 7.14. The van der Waals surface area contributed by atoms with Crippen molar-refractivity contribution in [3.8, 4) is 11.5 Å². The van der Waals surface area contributed by atoms with Gasteiger partial charge in [0.15, 0.2) is 11.5 Å². The molecule has 3 rings (SSSR count). The van der Waals surface area contributed by atoms with Crippen LogP contribution in [0.3, 0.4) is 0 Å². The summed E-state index contributed by atoms with van der Waals surface area (Å²) in [6.07, 6.45) is 3.12. The summed E-state index contributed by atoms with van der Waals surface area (Å²) in [7, 11) is 3.14.